The molecule has 4 rings (SSSR count). The molecule has 0 atom stereocenters. The van der Waals surface area contributed by atoms with Gasteiger partial charge in [-0.05, 0) is 55.8 Å². The lowest BCUT2D eigenvalue weighted by molar-refractivity contribution is 0.252. The highest BCUT2D eigenvalue weighted by atomic mass is 32.2. The quantitative estimate of drug-likeness (QED) is 0.441. The highest BCUT2D eigenvalue weighted by Gasteiger charge is 2.19. The summed E-state index contributed by atoms with van der Waals surface area (Å²) >= 11 is 2.18. The van der Waals surface area contributed by atoms with Crippen LogP contribution in [0.5, 0.6) is 0 Å². The number of benzene rings is 2. The Labute approximate surface area is 177 Å². The van der Waals surface area contributed by atoms with Gasteiger partial charge in [0.1, 0.15) is 0 Å². The summed E-state index contributed by atoms with van der Waals surface area (Å²) in [5.74, 6) is -0.744. The monoisotopic (exact) mass is 432 g/mol. The second kappa shape index (κ2) is 9.73. The summed E-state index contributed by atoms with van der Waals surface area (Å²) in [7, 11) is 0. The maximum absolute atomic E-state index is 12.5. The normalized spacial score (nSPS) is 14.7. The smallest absolute Gasteiger partial charge is 0.288 e. The van der Waals surface area contributed by atoms with Crippen molar-refractivity contribution in [3.63, 3.8) is 0 Å². The molecule has 0 saturated carbocycles. The van der Waals surface area contributed by atoms with Gasteiger partial charge in [-0.25, -0.2) is 0 Å². The van der Waals surface area contributed by atoms with Crippen molar-refractivity contribution in [2.24, 2.45) is 0 Å². The van der Waals surface area contributed by atoms with Crippen LogP contribution in [0.4, 0.5) is 8.78 Å². The van der Waals surface area contributed by atoms with Crippen molar-refractivity contribution >= 4 is 23.5 Å². The van der Waals surface area contributed by atoms with E-state index < -0.39 is 5.76 Å². The molecular weight excluding hydrogens is 410 g/mol. The maximum atomic E-state index is 12.5. The van der Waals surface area contributed by atoms with Crippen LogP contribution in [-0.4, -0.2) is 38.5 Å². The van der Waals surface area contributed by atoms with Crippen molar-refractivity contribution in [3.8, 4) is 5.69 Å². The first-order valence-corrected chi connectivity index (χ1v) is 11.4. The standard InChI is InChI=1S/C21H22F2N4S2/c22-20(23)29-18-10-8-16(9-11-18)15-28-21-25-24-19(14-26-12-4-5-13-26)27(21)17-6-2-1-3-7-17/h1-3,6-11,20H,4-5,12-15H2. The predicted octanol–water partition coefficient (Wildman–Crippen LogP) is 5.47. The summed E-state index contributed by atoms with van der Waals surface area (Å²) in [5.41, 5.74) is 2.12. The zero-order chi connectivity index (χ0) is 20.1. The Hall–Kier alpha value is -1.90. The van der Waals surface area contributed by atoms with Crippen LogP contribution in [0.2, 0.25) is 0 Å². The summed E-state index contributed by atoms with van der Waals surface area (Å²) < 4.78 is 27.1. The third-order valence-corrected chi connectivity index (χ3v) is 6.52. The molecular formula is C21H22F2N4S2. The number of nitrogens with zero attached hydrogens (tertiary/aromatic N) is 4. The van der Waals surface area contributed by atoms with Gasteiger partial charge in [0.25, 0.3) is 5.76 Å². The number of likely N-dealkylation sites (tertiary alicyclic amines) is 1. The van der Waals surface area contributed by atoms with E-state index in [2.05, 4.69) is 31.8 Å². The average molecular weight is 433 g/mol. The zero-order valence-corrected chi connectivity index (χ0v) is 17.5. The number of halogens is 2. The van der Waals surface area contributed by atoms with Crippen molar-refractivity contribution < 1.29 is 8.78 Å². The van der Waals surface area contributed by atoms with Crippen molar-refractivity contribution in [1.29, 1.82) is 0 Å². The molecule has 1 fully saturated rings. The third-order valence-electron chi connectivity index (χ3n) is 4.79. The molecule has 0 aliphatic carbocycles. The van der Waals surface area contributed by atoms with Crippen LogP contribution in [0.3, 0.4) is 0 Å². The highest BCUT2D eigenvalue weighted by Crippen LogP contribution is 2.29. The van der Waals surface area contributed by atoms with Gasteiger partial charge < -0.3 is 0 Å². The van der Waals surface area contributed by atoms with Crippen molar-refractivity contribution in [3.05, 3.63) is 66.0 Å². The van der Waals surface area contributed by atoms with E-state index in [9.17, 15) is 8.78 Å². The molecule has 0 radical (unpaired) electrons. The molecule has 4 nitrogen and oxygen atoms in total. The van der Waals surface area contributed by atoms with Crippen LogP contribution in [-0.2, 0) is 12.3 Å². The van der Waals surface area contributed by atoms with E-state index in [0.29, 0.717) is 22.4 Å². The van der Waals surface area contributed by atoms with Gasteiger partial charge in [0, 0.05) is 16.3 Å². The lowest BCUT2D eigenvalue weighted by Gasteiger charge is -2.16. The van der Waals surface area contributed by atoms with Crippen LogP contribution >= 0.6 is 23.5 Å². The minimum atomic E-state index is -2.39. The summed E-state index contributed by atoms with van der Waals surface area (Å²) in [4.78, 5) is 2.99. The minimum Gasteiger partial charge on any atom is -0.296 e. The van der Waals surface area contributed by atoms with E-state index in [1.807, 2.05) is 30.3 Å². The fraction of sp³-hybridized carbons (Fsp3) is 0.333. The number of thioether (sulfide) groups is 2. The van der Waals surface area contributed by atoms with Crippen LogP contribution in [0.1, 0.15) is 24.2 Å². The summed E-state index contributed by atoms with van der Waals surface area (Å²) in [6.45, 7) is 3.00. The average Bonchev–Trinajstić information content (AvgIpc) is 3.38. The van der Waals surface area contributed by atoms with E-state index >= 15 is 0 Å². The molecule has 1 aromatic heterocycles. The summed E-state index contributed by atoms with van der Waals surface area (Å²) in [6.07, 6.45) is 2.47. The number of hydrogen-bond donors (Lipinski definition) is 0. The number of para-hydroxylation sites is 1. The number of rotatable bonds is 8. The SMILES string of the molecule is FC(F)Sc1ccc(CSc2nnc(CN3CCCC3)n2-c2ccccc2)cc1. The van der Waals surface area contributed by atoms with Crippen molar-refractivity contribution in [2.75, 3.05) is 13.1 Å². The lowest BCUT2D eigenvalue weighted by Crippen LogP contribution is -2.21. The first-order chi connectivity index (χ1) is 14.2. The molecule has 0 bridgehead atoms. The third kappa shape index (κ3) is 5.38. The Morgan fingerprint density at radius 2 is 1.66 bits per heavy atom. The van der Waals surface area contributed by atoms with Gasteiger partial charge >= 0.3 is 0 Å². The maximum Gasteiger partial charge on any atom is 0.288 e. The Morgan fingerprint density at radius 3 is 2.34 bits per heavy atom. The second-order valence-electron chi connectivity index (χ2n) is 6.86. The molecule has 8 heteroatoms. The Kier molecular flexibility index (Phi) is 6.84. The zero-order valence-electron chi connectivity index (χ0n) is 15.9. The molecule has 3 aromatic rings. The number of hydrogen-bond acceptors (Lipinski definition) is 5. The van der Waals surface area contributed by atoms with E-state index in [-0.39, 0.29) is 0 Å². The molecule has 152 valence electrons. The van der Waals surface area contributed by atoms with Gasteiger partial charge in [-0.2, -0.15) is 8.78 Å². The van der Waals surface area contributed by atoms with Crippen LogP contribution in [0, 0.1) is 0 Å². The molecule has 29 heavy (non-hydrogen) atoms. The van der Waals surface area contributed by atoms with Crippen LogP contribution < -0.4 is 0 Å². The molecule has 0 N–H and O–H groups in total. The molecule has 2 heterocycles. The topological polar surface area (TPSA) is 34.0 Å². The Bertz CT molecular complexity index is 910. The van der Waals surface area contributed by atoms with E-state index in [1.54, 1.807) is 23.9 Å². The molecule has 1 aliphatic rings. The Morgan fingerprint density at radius 1 is 0.931 bits per heavy atom. The van der Waals surface area contributed by atoms with Crippen LogP contribution in [0.15, 0.2) is 64.6 Å². The number of alkyl halides is 2. The van der Waals surface area contributed by atoms with E-state index in [4.69, 9.17) is 0 Å². The fourth-order valence-electron chi connectivity index (χ4n) is 3.39. The molecule has 0 amide bonds. The number of aromatic nitrogens is 3. The highest BCUT2D eigenvalue weighted by molar-refractivity contribution is 7.99. The van der Waals surface area contributed by atoms with Gasteiger partial charge in [-0.15, -0.1) is 10.2 Å². The fourth-order valence-corrected chi connectivity index (χ4v) is 4.81. The van der Waals surface area contributed by atoms with Gasteiger partial charge in [-0.3, -0.25) is 9.47 Å². The van der Waals surface area contributed by atoms with Gasteiger partial charge in [-0.1, -0.05) is 53.9 Å². The Balaban J connectivity index is 1.51. The molecule has 2 aromatic carbocycles. The molecule has 1 aliphatic heterocycles. The van der Waals surface area contributed by atoms with Gasteiger partial charge in [0.15, 0.2) is 11.0 Å². The molecule has 1 saturated heterocycles. The first kappa shape index (κ1) is 20.4. The first-order valence-electron chi connectivity index (χ1n) is 9.57. The predicted molar refractivity (Wildman–Crippen MR) is 114 cm³/mol. The largest absolute Gasteiger partial charge is 0.296 e. The van der Waals surface area contributed by atoms with Crippen LogP contribution in [0.25, 0.3) is 5.69 Å². The summed E-state index contributed by atoms with van der Waals surface area (Å²) in [6, 6.07) is 17.4. The van der Waals surface area contributed by atoms with E-state index in [0.717, 1.165) is 41.9 Å². The van der Waals surface area contributed by atoms with E-state index in [1.165, 1.54) is 12.8 Å². The van der Waals surface area contributed by atoms with Gasteiger partial charge in [0.2, 0.25) is 0 Å². The second-order valence-corrected chi connectivity index (χ2v) is 8.87. The van der Waals surface area contributed by atoms with Crippen molar-refractivity contribution in [1.82, 2.24) is 19.7 Å². The lowest BCUT2D eigenvalue weighted by atomic mass is 10.2. The molecule has 0 unspecified atom stereocenters. The summed E-state index contributed by atoms with van der Waals surface area (Å²) in [5, 5.41) is 9.78. The minimum absolute atomic E-state index is 0.568. The van der Waals surface area contributed by atoms with Crippen molar-refractivity contribution in [2.45, 2.75) is 40.9 Å². The molecule has 0 spiro atoms. The van der Waals surface area contributed by atoms with Gasteiger partial charge in [0.05, 0.1) is 6.54 Å².